The standard InChI is InChI=1S/C20H18N2O2S.C4H10/c1-2-25-18-9-6-14(7-10-18)20(23)24-17-8-5-13-3-4-15(19(21)22)11-16(13)12-17;1-4(2)3/h3-12H,2H2,1H3,(H3,21,22);4H,1-3H3. The number of hydrogen-bond acceptors (Lipinski definition) is 4. The van der Waals surface area contributed by atoms with Crippen molar-refractivity contribution in [2.45, 2.75) is 32.6 Å². The van der Waals surface area contributed by atoms with Crippen LogP contribution in [0.5, 0.6) is 5.75 Å². The maximum atomic E-state index is 12.3. The van der Waals surface area contributed by atoms with Gasteiger partial charge in [-0.3, -0.25) is 5.41 Å². The molecule has 0 unspecified atom stereocenters. The molecule has 0 bridgehead atoms. The molecule has 3 N–H and O–H groups in total. The number of amidine groups is 1. The van der Waals surface area contributed by atoms with Crippen molar-refractivity contribution in [2.75, 3.05) is 5.75 Å². The van der Waals surface area contributed by atoms with Gasteiger partial charge < -0.3 is 10.5 Å². The van der Waals surface area contributed by atoms with E-state index in [0.717, 1.165) is 27.3 Å². The molecule has 0 aromatic heterocycles. The number of benzene rings is 3. The molecule has 0 saturated carbocycles. The highest BCUT2D eigenvalue weighted by atomic mass is 32.2. The summed E-state index contributed by atoms with van der Waals surface area (Å²) in [6.07, 6.45) is 0. The zero-order chi connectivity index (χ0) is 21.4. The molecule has 4 nitrogen and oxygen atoms in total. The monoisotopic (exact) mass is 408 g/mol. The van der Waals surface area contributed by atoms with Crippen molar-refractivity contribution in [3.05, 3.63) is 71.8 Å². The molecule has 0 atom stereocenters. The number of nitrogen functional groups attached to an aromatic ring is 1. The van der Waals surface area contributed by atoms with Crippen LogP contribution >= 0.6 is 11.8 Å². The zero-order valence-corrected chi connectivity index (χ0v) is 18.2. The molecule has 0 aliphatic heterocycles. The summed E-state index contributed by atoms with van der Waals surface area (Å²) in [5.74, 6) is 1.90. The summed E-state index contributed by atoms with van der Waals surface area (Å²) in [6, 6.07) is 18.3. The molecule has 152 valence electrons. The van der Waals surface area contributed by atoms with Crippen LogP contribution < -0.4 is 10.5 Å². The lowest BCUT2D eigenvalue weighted by Gasteiger charge is -2.07. The number of thioether (sulfide) groups is 1. The molecule has 0 saturated heterocycles. The van der Waals surface area contributed by atoms with Crippen LogP contribution in [0, 0.1) is 11.3 Å². The van der Waals surface area contributed by atoms with Gasteiger partial charge in [0.15, 0.2) is 0 Å². The van der Waals surface area contributed by atoms with E-state index in [1.807, 2.05) is 30.3 Å². The number of fused-ring (bicyclic) bond motifs is 1. The molecule has 29 heavy (non-hydrogen) atoms. The first kappa shape index (κ1) is 22.5. The number of hydrogen-bond donors (Lipinski definition) is 2. The summed E-state index contributed by atoms with van der Waals surface area (Å²) in [5.41, 5.74) is 6.68. The lowest BCUT2D eigenvalue weighted by atomic mass is 10.1. The van der Waals surface area contributed by atoms with Gasteiger partial charge in [-0.1, -0.05) is 45.9 Å². The van der Waals surface area contributed by atoms with Gasteiger partial charge in [0.1, 0.15) is 11.6 Å². The quantitative estimate of drug-likeness (QED) is 0.175. The summed E-state index contributed by atoms with van der Waals surface area (Å²) in [5, 5.41) is 9.39. The first-order valence-corrected chi connectivity index (χ1v) is 10.6. The second kappa shape index (κ2) is 10.7. The average molecular weight is 409 g/mol. The number of rotatable bonds is 5. The number of ether oxygens (including phenoxy) is 1. The highest BCUT2D eigenvalue weighted by Gasteiger charge is 2.09. The molecule has 5 heteroatoms. The van der Waals surface area contributed by atoms with Crippen LogP contribution in [0.3, 0.4) is 0 Å². The summed E-state index contributed by atoms with van der Waals surface area (Å²) in [4.78, 5) is 13.4. The first-order chi connectivity index (χ1) is 13.8. The Hall–Kier alpha value is -2.79. The van der Waals surface area contributed by atoms with E-state index in [0.29, 0.717) is 16.9 Å². The molecular weight excluding hydrogens is 380 g/mol. The van der Waals surface area contributed by atoms with Crippen LogP contribution in [0.25, 0.3) is 10.8 Å². The molecule has 3 aromatic carbocycles. The lowest BCUT2D eigenvalue weighted by molar-refractivity contribution is 0.0735. The summed E-state index contributed by atoms with van der Waals surface area (Å²) in [7, 11) is 0. The van der Waals surface area contributed by atoms with Gasteiger partial charge in [0, 0.05) is 10.5 Å². The van der Waals surface area contributed by atoms with E-state index in [1.165, 1.54) is 0 Å². The van der Waals surface area contributed by atoms with Crippen molar-refractivity contribution in [3.8, 4) is 5.75 Å². The molecule has 0 spiro atoms. The molecular formula is C24H28N2O2S. The third-order valence-electron chi connectivity index (χ3n) is 3.73. The van der Waals surface area contributed by atoms with E-state index < -0.39 is 5.97 Å². The average Bonchev–Trinajstić information content (AvgIpc) is 2.67. The highest BCUT2D eigenvalue weighted by Crippen LogP contribution is 2.23. The van der Waals surface area contributed by atoms with Gasteiger partial charge in [-0.25, -0.2) is 4.79 Å². The van der Waals surface area contributed by atoms with Crippen LogP contribution in [0.1, 0.15) is 43.6 Å². The Kier molecular flexibility index (Phi) is 8.28. The summed E-state index contributed by atoms with van der Waals surface area (Å²) in [6.45, 7) is 8.59. The van der Waals surface area contributed by atoms with E-state index in [-0.39, 0.29) is 5.84 Å². The minimum atomic E-state index is -0.393. The topological polar surface area (TPSA) is 76.2 Å². The van der Waals surface area contributed by atoms with Gasteiger partial charge in [0.25, 0.3) is 0 Å². The Morgan fingerprint density at radius 2 is 1.55 bits per heavy atom. The second-order valence-electron chi connectivity index (χ2n) is 7.22. The molecule has 0 aliphatic carbocycles. The maximum absolute atomic E-state index is 12.3. The predicted octanol–water partition coefficient (Wildman–Crippen LogP) is 6.12. The van der Waals surface area contributed by atoms with Crippen LogP contribution in [0.15, 0.2) is 65.6 Å². The predicted molar refractivity (Wildman–Crippen MR) is 123 cm³/mol. The molecule has 0 heterocycles. The second-order valence-corrected chi connectivity index (χ2v) is 8.55. The third kappa shape index (κ3) is 6.95. The Bertz CT molecular complexity index is 979. The summed E-state index contributed by atoms with van der Waals surface area (Å²) < 4.78 is 5.48. The van der Waals surface area contributed by atoms with Gasteiger partial charge >= 0.3 is 5.97 Å². The fourth-order valence-electron chi connectivity index (χ4n) is 2.48. The number of nitrogens with two attached hydrogens (primary N) is 1. The summed E-state index contributed by atoms with van der Waals surface area (Å²) >= 11 is 1.73. The van der Waals surface area contributed by atoms with Crippen LogP contribution in [-0.2, 0) is 0 Å². The SMILES string of the molecule is CC(C)C.CCSc1ccc(C(=O)Oc2ccc3ccc(C(=N)N)cc3c2)cc1. The van der Waals surface area contributed by atoms with Gasteiger partial charge in [-0.05, 0) is 64.9 Å². The van der Waals surface area contributed by atoms with Crippen LogP contribution in [0.2, 0.25) is 0 Å². The lowest BCUT2D eigenvalue weighted by Crippen LogP contribution is -2.10. The molecule has 0 amide bonds. The molecule has 3 aromatic rings. The Balaban J connectivity index is 0.000000687. The van der Waals surface area contributed by atoms with E-state index >= 15 is 0 Å². The van der Waals surface area contributed by atoms with Crippen LogP contribution in [0.4, 0.5) is 0 Å². The van der Waals surface area contributed by atoms with E-state index in [1.54, 1.807) is 42.1 Å². The van der Waals surface area contributed by atoms with E-state index in [2.05, 4.69) is 27.7 Å². The minimum Gasteiger partial charge on any atom is -0.423 e. The third-order valence-corrected chi connectivity index (χ3v) is 4.63. The number of carbonyl (C=O) groups excluding carboxylic acids is 1. The number of nitrogens with one attached hydrogen (secondary N) is 1. The van der Waals surface area contributed by atoms with Crippen molar-refractivity contribution >= 4 is 34.3 Å². The van der Waals surface area contributed by atoms with Gasteiger partial charge in [-0.15, -0.1) is 11.8 Å². The number of esters is 1. The number of carbonyl (C=O) groups is 1. The van der Waals surface area contributed by atoms with E-state index in [9.17, 15) is 4.79 Å². The van der Waals surface area contributed by atoms with Gasteiger partial charge in [-0.2, -0.15) is 0 Å². The van der Waals surface area contributed by atoms with E-state index in [4.69, 9.17) is 15.9 Å². The van der Waals surface area contributed by atoms with Crippen molar-refractivity contribution in [1.82, 2.24) is 0 Å². The zero-order valence-electron chi connectivity index (χ0n) is 17.4. The van der Waals surface area contributed by atoms with Crippen molar-refractivity contribution in [3.63, 3.8) is 0 Å². The molecule has 0 aliphatic rings. The Morgan fingerprint density at radius 1 is 0.966 bits per heavy atom. The van der Waals surface area contributed by atoms with Crippen LogP contribution in [-0.4, -0.2) is 17.6 Å². The smallest absolute Gasteiger partial charge is 0.343 e. The fourth-order valence-corrected chi connectivity index (χ4v) is 3.14. The molecule has 0 fully saturated rings. The first-order valence-electron chi connectivity index (χ1n) is 9.63. The Morgan fingerprint density at radius 3 is 2.14 bits per heavy atom. The maximum Gasteiger partial charge on any atom is 0.343 e. The van der Waals surface area contributed by atoms with Gasteiger partial charge in [0.05, 0.1) is 5.56 Å². The van der Waals surface area contributed by atoms with Crippen molar-refractivity contribution in [1.29, 1.82) is 5.41 Å². The Labute approximate surface area is 177 Å². The fraction of sp³-hybridized carbons (Fsp3) is 0.250. The van der Waals surface area contributed by atoms with Crippen molar-refractivity contribution < 1.29 is 9.53 Å². The van der Waals surface area contributed by atoms with Crippen molar-refractivity contribution in [2.24, 2.45) is 11.7 Å². The normalized spacial score (nSPS) is 10.4. The molecule has 0 radical (unpaired) electrons. The largest absolute Gasteiger partial charge is 0.423 e. The van der Waals surface area contributed by atoms with Gasteiger partial charge in [0.2, 0.25) is 0 Å². The highest BCUT2D eigenvalue weighted by molar-refractivity contribution is 7.99. The minimum absolute atomic E-state index is 0.00865. The molecule has 3 rings (SSSR count).